The van der Waals surface area contributed by atoms with Crippen molar-refractivity contribution >= 4 is 27.5 Å². The maximum Gasteiger partial charge on any atom is 0.244 e. The van der Waals surface area contributed by atoms with E-state index in [0.29, 0.717) is 12.2 Å². The lowest BCUT2D eigenvalue weighted by Crippen LogP contribution is -2.53. The second kappa shape index (κ2) is 11.9. The summed E-state index contributed by atoms with van der Waals surface area (Å²) in [5, 5.41) is 2.87. The van der Waals surface area contributed by atoms with Crippen molar-refractivity contribution in [2.24, 2.45) is 0 Å². The maximum atomic E-state index is 13.7. The Morgan fingerprint density at radius 3 is 2.26 bits per heavy atom. The summed E-state index contributed by atoms with van der Waals surface area (Å²) in [6, 6.07) is 13.6. The van der Waals surface area contributed by atoms with Gasteiger partial charge in [-0.2, -0.15) is 0 Å². The third-order valence-corrected chi connectivity index (χ3v) is 6.42. The van der Waals surface area contributed by atoms with Crippen molar-refractivity contribution in [1.82, 2.24) is 10.2 Å². The molecule has 2 aromatic rings. The van der Waals surface area contributed by atoms with Crippen molar-refractivity contribution in [3.05, 3.63) is 59.7 Å². The van der Waals surface area contributed by atoms with Crippen LogP contribution in [0.25, 0.3) is 0 Å². The van der Waals surface area contributed by atoms with E-state index in [2.05, 4.69) is 5.32 Å². The van der Waals surface area contributed by atoms with Crippen LogP contribution < -0.4 is 14.4 Å². The first-order valence-corrected chi connectivity index (χ1v) is 13.1. The lowest BCUT2D eigenvalue weighted by atomic mass is 10.1. The highest BCUT2D eigenvalue weighted by Crippen LogP contribution is 2.31. The number of carbonyl (C=O) groups excluding carboxylic acids is 2. The molecule has 2 amide bonds. The molecule has 0 radical (unpaired) electrons. The Kier molecular flexibility index (Phi) is 9.49. The molecule has 1 N–H and O–H groups in total. The van der Waals surface area contributed by atoms with Crippen molar-refractivity contribution in [3.8, 4) is 5.75 Å². The van der Waals surface area contributed by atoms with Gasteiger partial charge >= 0.3 is 0 Å². The fourth-order valence-corrected chi connectivity index (χ4v) is 4.51. The molecule has 0 saturated heterocycles. The third-order valence-electron chi connectivity index (χ3n) is 5.29. The Labute approximate surface area is 202 Å². The van der Waals surface area contributed by atoms with Crippen LogP contribution in [0.2, 0.25) is 0 Å². The molecule has 0 aliphatic heterocycles. The topological polar surface area (TPSA) is 96.0 Å². The molecule has 186 valence electrons. The van der Waals surface area contributed by atoms with E-state index in [1.54, 1.807) is 18.2 Å². The predicted octanol–water partition coefficient (Wildman–Crippen LogP) is 3.10. The van der Waals surface area contributed by atoms with Crippen molar-refractivity contribution in [2.45, 2.75) is 52.7 Å². The molecule has 0 spiro atoms. The minimum Gasteiger partial charge on any atom is -0.495 e. The van der Waals surface area contributed by atoms with E-state index in [9.17, 15) is 18.0 Å². The lowest BCUT2D eigenvalue weighted by Gasteiger charge is -2.33. The Hall–Kier alpha value is -3.07. The number of sulfonamides is 1. The van der Waals surface area contributed by atoms with E-state index < -0.39 is 28.5 Å². The summed E-state index contributed by atoms with van der Waals surface area (Å²) in [5.74, 6) is -0.424. The smallest absolute Gasteiger partial charge is 0.244 e. The van der Waals surface area contributed by atoms with E-state index >= 15 is 0 Å². The first-order chi connectivity index (χ1) is 16.0. The molecular weight excluding hydrogens is 454 g/mol. The van der Waals surface area contributed by atoms with Gasteiger partial charge in [0.15, 0.2) is 0 Å². The minimum absolute atomic E-state index is 0.0979. The number of ether oxygens (including phenoxy) is 1. The molecule has 0 heterocycles. The Morgan fingerprint density at radius 2 is 1.74 bits per heavy atom. The van der Waals surface area contributed by atoms with Gasteiger partial charge in [-0.1, -0.05) is 43.3 Å². The van der Waals surface area contributed by atoms with Crippen LogP contribution in [-0.2, 0) is 26.2 Å². The van der Waals surface area contributed by atoms with Gasteiger partial charge in [-0.25, -0.2) is 8.42 Å². The zero-order chi connectivity index (χ0) is 25.5. The van der Waals surface area contributed by atoms with Gasteiger partial charge in [0, 0.05) is 12.6 Å². The minimum atomic E-state index is -3.84. The van der Waals surface area contributed by atoms with Crippen molar-refractivity contribution in [3.63, 3.8) is 0 Å². The molecule has 2 aromatic carbocycles. The van der Waals surface area contributed by atoms with Crippen LogP contribution in [0.3, 0.4) is 0 Å². The molecule has 2 rings (SSSR count). The first kappa shape index (κ1) is 27.2. The normalized spacial score (nSPS) is 12.2. The molecule has 8 nitrogen and oxygen atoms in total. The number of carbonyl (C=O) groups is 2. The summed E-state index contributed by atoms with van der Waals surface area (Å²) in [5.41, 5.74) is 1.93. The largest absolute Gasteiger partial charge is 0.495 e. The molecule has 0 aliphatic rings. The SMILES string of the molecule is CC[C@H](C(=O)NC(C)C)N(Cc1ccccc1)C(=O)CN(c1cc(C)ccc1OC)S(C)(=O)=O. The van der Waals surface area contributed by atoms with Crippen LogP contribution in [0, 0.1) is 6.92 Å². The quantitative estimate of drug-likeness (QED) is 0.523. The van der Waals surface area contributed by atoms with Crippen LogP contribution >= 0.6 is 0 Å². The Morgan fingerprint density at radius 1 is 1.09 bits per heavy atom. The number of amides is 2. The molecule has 0 fully saturated rings. The molecule has 9 heteroatoms. The van der Waals surface area contributed by atoms with E-state index in [4.69, 9.17) is 4.74 Å². The zero-order valence-corrected chi connectivity index (χ0v) is 21.6. The summed E-state index contributed by atoms with van der Waals surface area (Å²) in [4.78, 5) is 28.1. The maximum absolute atomic E-state index is 13.7. The second-order valence-electron chi connectivity index (χ2n) is 8.54. The van der Waals surface area contributed by atoms with Gasteiger partial charge in [0.05, 0.1) is 19.1 Å². The van der Waals surface area contributed by atoms with E-state index in [1.165, 1.54) is 12.0 Å². The number of aryl methyl sites for hydroxylation is 1. The number of methoxy groups -OCH3 is 1. The molecular formula is C25H35N3O5S. The molecule has 0 bridgehead atoms. The number of nitrogens with one attached hydrogen (secondary N) is 1. The molecule has 0 unspecified atom stereocenters. The molecule has 0 aliphatic carbocycles. The van der Waals surface area contributed by atoms with Crippen LogP contribution in [0.1, 0.15) is 38.3 Å². The van der Waals surface area contributed by atoms with E-state index in [1.807, 2.05) is 58.0 Å². The number of anilines is 1. The molecule has 0 aromatic heterocycles. The summed E-state index contributed by atoms with van der Waals surface area (Å²) in [6.07, 6.45) is 1.43. The fraction of sp³-hybridized carbons (Fsp3) is 0.440. The number of hydrogen-bond acceptors (Lipinski definition) is 5. The summed E-state index contributed by atoms with van der Waals surface area (Å²) < 4.78 is 31.9. The average Bonchev–Trinajstić information content (AvgIpc) is 2.76. The van der Waals surface area contributed by atoms with Gasteiger partial charge in [0.25, 0.3) is 0 Å². The van der Waals surface area contributed by atoms with Gasteiger partial charge in [-0.05, 0) is 50.5 Å². The first-order valence-electron chi connectivity index (χ1n) is 11.2. The summed E-state index contributed by atoms with van der Waals surface area (Å²) in [6.45, 7) is 7.07. The monoisotopic (exact) mass is 489 g/mol. The van der Waals surface area contributed by atoms with Crippen molar-refractivity contribution in [2.75, 3.05) is 24.2 Å². The van der Waals surface area contributed by atoms with Crippen LogP contribution in [0.4, 0.5) is 5.69 Å². The molecule has 0 saturated carbocycles. The average molecular weight is 490 g/mol. The summed E-state index contributed by atoms with van der Waals surface area (Å²) >= 11 is 0. The van der Waals surface area contributed by atoms with Gasteiger partial charge in [-0.15, -0.1) is 0 Å². The predicted molar refractivity (Wildman–Crippen MR) is 134 cm³/mol. The number of nitrogens with zero attached hydrogens (tertiary/aromatic N) is 2. The van der Waals surface area contributed by atoms with Crippen LogP contribution in [0.15, 0.2) is 48.5 Å². The highest BCUT2D eigenvalue weighted by Gasteiger charge is 2.32. The third kappa shape index (κ3) is 7.21. The Balaban J connectivity index is 2.49. The summed E-state index contributed by atoms with van der Waals surface area (Å²) in [7, 11) is -2.39. The standard InChI is InChI=1S/C25H35N3O5S/c1-7-21(25(30)26-18(2)3)27(16-20-11-9-8-10-12-20)24(29)17-28(34(6,31)32)22-15-19(4)13-14-23(22)33-5/h8-15,18,21H,7,16-17H2,1-6H3,(H,26,30)/t21-/m1/s1. The second-order valence-corrected chi connectivity index (χ2v) is 10.4. The molecule has 1 atom stereocenters. The number of rotatable bonds is 11. The lowest BCUT2D eigenvalue weighted by molar-refractivity contribution is -0.140. The van der Waals surface area contributed by atoms with Gasteiger partial charge in [0.1, 0.15) is 18.3 Å². The number of benzene rings is 2. The highest BCUT2D eigenvalue weighted by atomic mass is 32.2. The van der Waals surface area contributed by atoms with Crippen LogP contribution in [-0.4, -0.2) is 57.1 Å². The van der Waals surface area contributed by atoms with E-state index in [-0.39, 0.29) is 24.2 Å². The highest BCUT2D eigenvalue weighted by molar-refractivity contribution is 7.92. The van der Waals surface area contributed by atoms with Crippen molar-refractivity contribution in [1.29, 1.82) is 0 Å². The number of hydrogen-bond donors (Lipinski definition) is 1. The fourth-order valence-electron chi connectivity index (χ4n) is 3.67. The zero-order valence-electron chi connectivity index (χ0n) is 20.7. The van der Waals surface area contributed by atoms with Gasteiger partial charge in [0.2, 0.25) is 21.8 Å². The molecule has 34 heavy (non-hydrogen) atoms. The van der Waals surface area contributed by atoms with Gasteiger partial charge < -0.3 is 15.0 Å². The van der Waals surface area contributed by atoms with Crippen LogP contribution in [0.5, 0.6) is 5.75 Å². The van der Waals surface area contributed by atoms with Gasteiger partial charge in [-0.3, -0.25) is 13.9 Å². The van der Waals surface area contributed by atoms with Crippen molar-refractivity contribution < 1.29 is 22.7 Å². The Bertz CT molecular complexity index is 1090. The van der Waals surface area contributed by atoms with E-state index in [0.717, 1.165) is 21.7 Å².